The molecule has 0 saturated carbocycles. The molecule has 3 aromatic carbocycles. The summed E-state index contributed by atoms with van der Waals surface area (Å²) in [6.07, 6.45) is 0.952. The summed E-state index contributed by atoms with van der Waals surface area (Å²) in [4.78, 5) is 11.5. The lowest BCUT2D eigenvalue weighted by molar-refractivity contribution is -0.387. The van der Waals surface area contributed by atoms with Gasteiger partial charge in [0.1, 0.15) is 11.5 Å². The lowest BCUT2D eigenvalue weighted by Crippen LogP contribution is -1.93. The van der Waals surface area contributed by atoms with Crippen LogP contribution in [-0.2, 0) is 0 Å². The van der Waals surface area contributed by atoms with E-state index in [2.05, 4.69) is 12.1 Å². The van der Waals surface area contributed by atoms with Crippen molar-refractivity contribution < 1.29 is 9.66 Å². The molecule has 0 radical (unpaired) electrons. The largest absolute Gasteiger partial charge is 0.457 e. The van der Waals surface area contributed by atoms with E-state index in [1.54, 1.807) is 12.1 Å². The van der Waals surface area contributed by atoms with E-state index in [1.807, 2.05) is 49.4 Å². The first kappa shape index (κ1) is 18.0. The van der Waals surface area contributed by atoms with Crippen LogP contribution in [-0.4, -0.2) is 10.7 Å². The number of nitro benzene ring substituents is 1. The molecular formula is C21H19NO3S. The molecule has 0 aromatic heterocycles. The van der Waals surface area contributed by atoms with Crippen molar-refractivity contribution in [1.82, 2.24) is 0 Å². The standard InChI is InChI=1S/C21H19NO3S/c1-2-14-26-21-15-19(12-13-20(21)22(23)24)25-18-10-8-17(9-11-18)16-6-4-3-5-7-16/h3-13,15H,2,14H2,1H3. The van der Waals surface area contributed by atoms with Gasteiger partial charge in [0.2, 0.25) is 0 Å². The molecule has 0 atom stereocenters. The number of hydrogen-bond donors (Lipinski definition) is 0. The molecule has 0 amide bonds. The Hall–Kier alpha value is -2.79. The minimum absolute atomic E-state index is 0.121. The van der Waals surface area contributed by atoms with E-state index >= 15 is 0 Å². The van der Waals surface area contributed by atoms with Crippen LogP contribution in [0.1, 0.15) is 13.3 Å². The zero-order chi connectivity index (χ0) is 18.4. The third-order valence-electron chi connectivity index (χ3n) is 3.79. The van der Waals surface area contributed by atoms with Crippen LogP contribution >= 0.6 is 11.8 Å². The van der Waals surface area contributed by atoms with E-state index in [4.69, 9.17) is 4.74 Å². The van der Waals surface area contributed by atoms with Crippen LogP contribution in [0.25, 0.3) is 11.1 Å². The first-order valence-corrected chi connectivity index (χ1v) is 9.40. The summed E-state index contributed by atoms with van der Waals surface area (Å²) < 4.78 is 5.89. The molecule has 26 heavy (non-hydrogen) atoms. The summed E-state index contributed by atoms with van der Waals surface area (Å²) in [6, 6.07) is 22.8. The van der Waals surface area contributed by atoms with Gasteiger partial charge < -0.3 is 4.74 Å². The Morgan fingerprint density at radius 2 is 1.58 bits per heavy atom. The van der Waals surface area contributed by atoms with Crippen molar-refractivity contribution in [3.63, 3.8) is 0 Å². The molecular weight excluding hydrogens is 346 g/mol. The highest BCUT2D eigenvalue weighted by Gasteiger charge is 2.15. The number of benzene rings is 3. The molecule has 0 saturated heterocycles. The molecule has 3 rings (SSSR count). The highest BCUT2D eigenvalue weighted by molar-refractivity contribution is 7.99. The van der Waals surface area contributed by atoms with Crippen LogP contribution in [0.5, 0.6) is 11.5 Å². The van der Waals surface area contributed by atoms with Gasteiger partial charge in [-0.05, 0) is 41.5 Å². The summed E-state index contributed by atoms with van der Waals surface area (Å²) >= 11 is 1.48. The van der Waals surface area contributed by atoms with Gasteiger partial charge in [-0.15, -0.1) is 11.8 Å². The molecule has 0 unspecified atom stereocenters. The molecule has 0 aliphatic heterocycles. The minimum Gasteiger partial charge on any atom is -0.457 e. The summed E-state index contributed by atoms with van der Waals surface area (Å²) in [5.41, 5.74) is 2.38. The fourth-order valence-corrected chi connectivity index (χ4v) is 3.43. The van der Waals surface area contributed by atoms with Crippen LogP contribution in [0.4, 0.5) is 5.69 Å². The van der Waals surface area contributed by atoms with Crippen molar-refractivity contribution in [2.75, 3.05) is 5.75 Å². The second-order valence-corrected chi connectivity index (χ2v) is 6.86. The number of nitrogens with zero attached hydrogens (tertiary/aromatic N) is 1. The average Bonchev–Trinajstić information content (AvgIpc) is 2.67. The minimum atomic E-state index is -0.351. The Bertz CT molecular complexity index is 880. The predicted octanol–water partition coefficient (Wildman–Crippen LogP) is 6.56. The van der Waals surface area contributed by atoms with Crippen LogP contribution in [0.15, 0.2) is 77.7 Å². The predicted molar refractivity (Wildman–Crippen MR) is 106 cm³/mol. The van der Waals surface area contributed by atoms with Crippen LogP contribution < -0.4 is 4.74 Å². The van der Waals surface area contributed by atoms with E-state index < -0.39 is 0 Å². The van der Waals surface area contributed by atoms with Crippen LogP contribution in [0.3, 0.4) is 0 Å². The number of nitro groups is 1. The lowest BCUT2D eigenvalue weighted by atomic mass is 10.1. The highest BCUT2D eigenvalue weighted by Crippen LogP contribution is 2.35. The van der Waals surface area contributed by atoms with Gasteiger partial charge in [-0.3, -0.25) is 10.1 Å². The molecule has 5 heteroatoms. The normalized spacial score (nSPS) is 10.5. The van der Waals surface area contributed by atoms with Crippen molar-refractivity contribution in [2.24, 2.45) is 0 Å². The monoisotopic (exact) mass is 365 g/mol. The first-order chi connectivity index (χ1) is 12.7. The zero-order valence-electron chi connectivity index (χ0n) is 14.4. The van der Waals surface area contributed by atoms with Gasteiger partial charge in [0, 0.05) is 12.1 Å². The van der Waals surface area contributed by atoms with Gasteiger partial charge in [0.25, 0.3) is 5.69 Å². The summed E-state index contributed by atoms with van der Waals surface area (Å²) in [5.74, 6) is 2.13. The molecule has 0 aliphatic carbocycles. The van der Waals surface area contributed by atoms with E-state index in [-0.39, 0.29) is 10.6 Å². The van der Waals surface area contributed by atoms with E-state index in [0.717, 1.165) is 23.3 Å². The molecule has 0 spiro atoms. The fraction of sp³-hybridized carbons (Fsp3) is 0.143. The molecule has 3 aromatic rings. The SMILES string of the molecule is CCCSc1cc(Oc2ccc(-c3ccccc3)cc2)ccc1[N+](=O)[O-]. The average molecular weight is 365 g/mol. The molecule has 0 heterocycles. The van der Waals surface area contributed by atoms with Crippen molar-refractivity contribution in [2.45, 2.75) is 18.2 Å². The molecule has 132 valence electrons. The van der Waals surface area contributed by atoms with Gasteiger partial charge in [0.15, 0.2) is 0 Å². The number of rotatable bonds is 7. The molecule has 0 fully saturated rings. The Balaban J connectivity index is 1.79. The third-order valence-corrected chi connectivity index (χ3v) is 5.04. The van der Waals surface area contributed by atoms with Crippen molar-refractivity contribution >= 4 is 17.4 Å². The number of hydrogen-bond acceptors (Lipinski definition) is 4. The van der Waals surface area contributed by atoms with Crippen molar-refractivity contribution in [1.29, 1.82) is 0 Å². The van der Waals surface area contributed by atoms with E-state index in [9.17, 15) is 10.1 Å². The highest BCUT2D eigenvalue weighted by atomic mass is 32.2. The number of ether oxygens (including phenoxy) is 1. The molecule has 4 nitrogen and oxygen atoms in total. The summed E-state index contributed by atoms with van der Waals surface area (Å²) in [6.45, 7) is 2.05. The quantitative estimate of drug-likeness (QED) is 0.270. The van der Waals surface area contributed by atoms with Gasteiger partial charge in [-0.2, -0.15) is 0 Å². The fourth-order valence-electron chi connectivity index (χ4n) is 2.52. The summed E-state index contributed by atoms with van der Waals surface area (Å²) in [5, 5.41) is 11.2. The second kappa shape index (κ2) is 8.54. The van der Waals surface area contributed by atoms with E-state index in [0.29, 0.717) is 16.4 Å². The first-order valence-electron chi connectivity index (χ1n) is 8.42. The van der Waals surface area contributed by atoms with Crippen molar-refractivity contribution in [3.05, 3.63) is 82.9 Å². The molecule has 0 N–H and O–H groups in total. The number of thioether (sulfide) groups is 1. The summed E-state index contributed by atoms with van der Waals surface area (Å²) in [7, 11) is 0. The van der Waals surface area contributed by atoms with Crippen LogP contribution in [0, 0.1) is 10.1 Å². The smallest absolute Gasteiger partial charge is 0.283 e. The van der Waals surface area contributed by atoms with Gasteiger partial charge >= 0.3 is 0 Å². The van der Waals surface area contributed by atoms with E-state index in [1.165, 1.54) is 17.8 Å². The second-order valence-electron chi connectivity index (χ2n) is 5.73. The zero-order valence-corrected chi connectivity index (χ0v) is 15.2. The van der Waals surface area contributed by atoms with Gasteiger partial charge in [0.05, 0.1) is 9.82 Å². The van der Waals surface area contributed by atoms with Gasteiger partial charge in [-0.1, -0.05) is 49.4 Å². The van der Waals surface area contributed by atoms with Gasteiger partial charge in [-0.25, -0.2) is 0 Å². The third kappa shape index (κ3) is 4.43. The maximum atomic E-state index is 11.2. The Kier molecular flexibility index (Phi) is 5.92. The topological polar surface area (TPSA) is 52.4 Å². The maximum Gasteiger partial charge on any atom is 0.283 e. The molecule has 0 bridgehead atoms. The Morgan fingerprint density at radius 3 is 2.23 bits per heavy atom. The lowest BCUT2D eigenvalue weighted by Gasteiger charge is -2.09. The van der Waals surface area contributed by atoms with Crippen molar-refractivity contribution in [3.8, 4) is 22.6 Å². The Labute approximate surface area is 157 Å². The molecule has 0 aliphatic rings. The van der Waals surface area contributed by atoms with Crippen LogP contribution in [0.2, 0.25) is 0 Å². The Morgan fingerprint density at radius 1 is 0.923 bits per heavy atom. The maximum absolute atomic E-state index is 11.2.